The van der Waals surface area contributed by atoms with Crippen LogP contribution in [0.25, 0.3) is 0 Å². The van der Waals surface area contributed by atoms with Crippen molar-refractivity contribution < 1.29 is 13.2 Å². The van der Waals surface area contributed by atoms with Gasteiger partial charge in [-0.3, -0.25) is 11.3 Å². The molecule has 0 radical (unpaired) electrons. The Balaban J connectivity index is 2.23. The highest BCUT2D eigenvalue weighted by atomic mass is 79.9. The average Bonchev–Trinajstić information content (AvgIpc) is 2.44. The van der Waals surface area contributed by atoms with Crippen LogP contribution in [0, 0.1) is 0 Å². The molecule has 0 heterocycles. The maximum absolute atomic E-state index is 12.7. The van der Waals surface area contributed by atoms with Crippen molar-refractivity contribution in [1.29, 1.82) is 0 Å². The maximum atomic E-state index is 12.7. The minimum absolute atomic E-state index is 0.258. The lowest BCUT2D eigenvalue weighted by atomic mass is 9.98. The van der Waals surface area contributed by atoms with Crippen LogP contribution in [0.5, 0.6) is 0 Å². The highest BCUT2D eigenvalue weighted by molar-refractivity contribution is 9.10. The van der Waals surface area contributed by atoms with Crippen molar-refractivity contribution in [2.75, 3.05) is 0 Å². The van der Waals surface area contributed by atoms with Crippen molar-refractivity contribution in [3.8, 4) is 0 Å². The second kappa shape index (κ2) is 6.60. The molecule has 0 amide bonds. The summed E-state index contributed by atoms with van der Waals surface area (Å²) in [5.41, 5.74) is 3.49. The maximum Gasteiger partial charge on any atom is 0.416 e. The van der Waals surface area contributed by atoms with Crippen molar-refractivity contribution in [3.05, 3.63) is 69.7 Å². The van der Waals surface area contributed by atoms with E-state index < -0.39 is 11.7 Å². The molecule has 2 rings (SSSR count). The summed E-state index contributed by atoms with van der Waals surface area (Å²) in [5.74, 6) is 5.54. The van der Waals surface area contributed by atoms with E-state index in [0.29, 0.717) is 12.0 Å². The van der Waals surface area contributed by atoms with E-state index in [1.807, 2.05) is 24.3 Å². The van der Waals surface area contributed by atoms with Gasteiger partial charge in [0.15, 0.2) is 0 Å². The van der Waals surface area contributed by atoms with E-state index >= 15 is 0 Å². The molecule has 2 aromatic rings. The topological polar surface area (TPSA) is 38.0 Å². The van der Waals surface area contributed by atoms with Crippen LogP contribution in [0.15, 0.2) is 53.0 Å². The van der Waals surface area contributed by atoms with Crippen molar-refractivity contribution in [1.82, 2.24) is 5.43 Å². The zero-order chi connectivity index (χ0) is 15.5. The quantitative estimate of drug-likeness (QED) is 0.634. The van der Waals surface area contributed by atoms with Gasteiger partial charge in [0.2, 0.25) is 0 Å². The van der Waals surface area contributed by atoms with Crippen LogP contribution in [0.3, 0.4) is 0 Å². The van der Waals surface area contributed by atoms with E-state index in [1.165, 1.54) is 6.07 Å². The Morgan fingerprint density at radius 1 is 1.10 bits per heavy atom. The van der Waals surface area contributed by atoms with Crippen LogP contribution in [0.2, 0.25) is 0 Å². The number of hydrogen-bond acceptors (Lipinski definition) is 2. The lowest BCUT2D eigenvalue weighted by Gasteiger charge is -2.17. The summed E-state index contributed by atoms with van der Waals surface area (Å²) in [6.45, 7) is 0. The molecule has 3 N–H and O–H groups in total. The molecule has 112 valence electrons. The molecule has 0 bridgehead atoms. The van der Waals surface area contributed by atoms with E-state index in [4.69, 9.17) is 5.84 Å². The van der Waals surface area contributed by atoms with Crippen LogP contribution < -0.4 is 11.3 Å². The predicted octanol–water partition coefficient (Wildman–Crippen LogP) is 4.22. The fraction of sp³-hybridized carbons (Fsp3) is 0.200. The van der Waals surface area contributed by atoms with Gasteiger partial charge < -0.3 is 0 Å². The van der Waals surface area contributed by atoms with Crippen molar-refractivity contribution in [3.63, 3.8) is 0 Å². The van der Waals surface area contributed by atoms with Crippen molar-refractivity contribution >= 4 is 15.9 Å². The lowest BCUT2D eigenvalue weighted by molar-refractivity contribution is -0.137. The largest absolute Gasteiger partial charge is 0.416 e. The van der Waals surface area contributed by atoms with Crippen molar-refractivity contribution in [2.24, 2.45) is 5.84 Å². The van der Waals surface area contributed by atoms with Gasteiger partial charge in [-0.25, -0.2) is 0 Å². The van der Waals surface area contributed by atoms with Gasteiger partial charge in [-0.1, -0.05) is 46.3 Å². The van der Waals surface area contributed by atoms with Crippen LogP contribution >= 0.6 is 15.9 Å². The summed E-state index contributed by atoms with van der Waals surface area (Å²) >= 11 is 3.37. The number of alkyl halides is 3. The van der Waals surface area contributed by atoms with E-state index in [2.05, 4.69) is 21.4 Å². The molecule has 2 aromatic carbocycles. The Labute approximate surface area is 129 Å². The summed E-state index contributed by atoms with van der Waals surface area (Å²) in [7, 11) is 0. The smallest absolute Gasteiger partial charge is 0.271 e. The first kappa shape index (κ1) is 16.0. The van der Waals surface area contributed by atoms with E-state index in [9.17, 15) is 13.2 Å². The molecule has 2 nitrogen and oxygen atoms in total. The van der Waals surface area contributed by atoms with Gasteiger partial charge in [-0.2, -0.15) is 13.2 Å². The summed E-state index contributed by atoms with van der Waals surface area (Å²) in [5, 5.41) is 0. The number of hydrogen-bond donors (Lipinski definition) is 2. The third-order valence-electron chi connectivity index (χ3n) is 3.15. The fourth-order valence-electron chi connectivity index (χ4n) is 2.11. The summed E-state index contributed by atoms with van der Waals surface area (Å²) in [6.07, 6.45) is -3.96. The third kappa shape index (κ3) is 4.30. The summed E-state index contributed by atoms with van der Waals surface area (Å²) < 4.78 is 39.0. The molecule has 1 unspecified atom stereocenters. The molecule has 1 atom stereocenters. The number of hydrazine groups is 1. The molecule has 0 aliphatic rings. The Morgan fingerprint density at radius 2 is 1.81 bits per heavy atom. The van der Waals surface area contributed by atoms with E-state index in [0.717, 1.165) is 22.2 Å². The minimum Gasteiger partial charge on any atom is -0.271 e. The van der Waals surface area contributed by atoms with Gasteiger partial charge in [0, 0.05) is 4.47 Å². The van der Waals surface area contributed by atoms with Gasteiger partial charge in [0.1, 0.15) is 0 Å². The minimum atomic E-state index is -4.34. The molecule has 0 aromatic heterocycles. The zero-order valence-corrected chi connectivity index (χ0v) is 12.6. The van der Waals surface area contributed by atoms with Crippen molar-refractivity contribution in [2.45, 2.75) is 18.6 Å². The lowest BCUT2D eigenvalue weighted by Crippen LogP contribution is -2.29. The number of benzene rings is 2. The van der Waals surface area contributed by atoms with Gasteiger partial charge in [-0.05, 0) is 35.7 Å². The fourth-order valence-corrected chi connectivity index (χ4v) is 2.52. The summed E-state index contributed by atoms with van der Waals surface area (Å²) in [6, 6.07) is 12.5. The Bertz CT molecular complexity index is 614. The van der Waals surface area contributed by atoms with Gasteiger partial charge in [-0.15, -0.1) is 0 Å². The van der Waals surface area contributed by atoms with Crippen LogP contribution in [-0.2, 0) is 12.6 Å². The molecular formula is C15H14BrF3N2. The molecule has 6 heteroatoms. The highest BCUT2D eigenvalue weighted by Crippen LogP contribution is 2.30. The molecule has 0 saturated heterocycles. The number of halogens is 4. The molecule has 0 saturated carbocycles. The molecular weight excluding hydrogens is 345 g/mol. The molecule has 0 aliphatic carbocycles. The van der Waals surface area contributed by atoms with Gasteiger partial charge >= 0.3 is 6.18 Å². The first-order valence-electron chi connectivity index (χ1n) is 6.28. The standard InChI is InChI=1S/C15H14BrF3N2/c16-13-6-2-4-11(9-13)14(21-20)8-10-3-1-5-12(7-10)15(17,18)19/h1-7,9,14,21H,8,20H2. The SMILES string of the molecule is NNC(Cc1cccc(C(F)(F)F)c1)c1cccc(Br)c1. The van der Waals surface area contributed by atoms with Gasteiger partial charge in [0.25, 0.3) is 0 Å². The first-order chi connectivity index (χ1) is 9.90. The average molecular weight is 359 g/mol. The zero-order valence-electron chi connectivity index (χ0n) is 11.0. The van der Waals surface area contributed by atoms with Crippen LogP contribution in [0.4, 0.5) is 13.2 Å². The van der Waals surface area contributed by atoms with Crippen LogP contribution in [-0.4, -0.2) is 0 Å². The third-order valence-corrected chi connectivity index (χ3v) is 3.64. The second-order valence-corrected chi connectivity index (χ2v) is 5.59. The molecule has 0 aliphatic heterocycles. The Kier molecular flexibility index (Phi) is 5.03. The monoisotopic (exact) mass is 358 g/mol. The van der Waals surface area contributed by atoms with E-state index in [-0.39, 0.29) is 6.04 Å². The molecule has 0 fully saturated rings. The second-order valence-electron chi connectivity index (χ2n) is 4.68. The number of nitrogens with two attached hydrogens (primary N) is 1. The Hall–Kier alpha value is -1.37. The van der Waals surface area contributed by atoms with Gasteiger partial charge in [0.05, 0.1) is 11.6 Å². The summed E-state index contributed by atoms with van der Waals surface area (Å²) in [4.78, 5) is 0. The highest BCUT2D eigenvalue weighted by Gasteiger charge is 2.30. The first-order valence-corrected chi connectivity index (χ1v) is 7.07. The Morgan fingerprint density at radius 3 is 2.43 bits per heavy atom. The normalized spacial score (nSPS) is 13.2. The number of rotatable bonds is 4. The van der Waals surface area contributed by atoms with E-state index in [1.54, 1.807) is 6.07 Å². The van der Waals surface area contributed by atoms with Crippen LogP contribution in [0.1, 0.15) is 22.7 Å². The molecule has 0 spiro atoms. The predicted molar refractivity (Wildman–Crippen MR) is 79.4 cm³/mol. The molecule has 21 heavy (non-hydrogen) atoms. The number of nitrogens with one attached hydrogen (secondary N) is 1.